The van der Waals surface area contributed by atoms with Crippen LogP contribution < -0.4 is 0 Å². The maximum Gasteiger partial charge on any atom is 0.236 e. The van der Waals surface area contributed by atoms with Crippen molar-refractivity contribution in [2.75, 3.05) is 0 Å². The van der Waals surface area contributed by atoms with E-state index in [1.54, 1.807) is 29.4 Å². The molecule has 0 atom stereocenters. The van der Waals surface area contributed by atoms with Crippen molar-refractivity contribution in [2.24, 2.45) is 0 Å². The predicted molar refractivity (Wildman–Crippen MR) is 90.2 cm³/mol. The first-order valence-corrected chi connectivity index (χ1v) is 8.72. The van der Waals surface area contributed by atoms with Crippen LogP contribution in [0.15, 0.2) is 51.5 Å². The average Bonchev–Trinajstić information content (AvgIpc) is 3.24. The number of nitrogens with one attached hydrogen (secondary N) is 1. The maximum atomic E-state index is 5.53. The molecule has 1 N–H and O–H groups in total. The van der Waals surface area contributed by atoms with Gasteiger partial charge in [0.25, 0.3) is 0 Å². The minimum Gasteiger partial charge on any atom is -0.444 e. The number of thioether (sulfide) groups is 1. The molecule has 0 aliphatic heterocycles. The Balaban J connectivity index is 1.49. The number of oxazole rings is 1. The third-order valence-electron chi connectivity index (χ3n) is 3.26. The van der Waals surface area contributed by atoms with Gasteiger partial charge >= 0.3 is 0 Å². The van der Waals surface area contributed by atoms with Crippen LogP contribution in [-0.2, 0) is 5.75 Å². The van der Waals surface area contributed by atoms with Crippen LogP contribution in [-0.4, -0.2) is 15.0 Å². The fourth-order valence-electron chi connectivity index (χ4n) is 2.20. The van der Waals surface area contributed by atoms with Gasteiger partial charge in [-0.3, -0.25) is 0 Å². The second-order valence-electron chi connectivity index (χ2n) is 4.97. The van der Waals surface area contributed by atoms with E-state index in [0.717, 1.165) is 32.5 Å². The number of imidazole rings is 1. The Labute approximate surface area is 135 Å². The molecular formula is C16H13N3OS2. The van der Waals surface area contributed by atoms with Gasteiger partial charge in [0.05, 0.1) is 21.6 Å². The van der Waals surface area contributed by atoms with Crippen LogP contribution in [0.4, 0.5) is 0 Å². The van der Waals surface area contributed by atoms with Crippen LogP contribution in [0.25, 0.3) is 21.8 Å². The topological polar surface area (TPSA) is 54.7 Å². The number of aromatic amines is 1. The summed E-state index contributed by atoms with van der Waals surface area (Å²) >= 11 is 3.26. The first-order chi connectivity index (χ1) is 10.8. The maximum absolute atomic E-state index is 5.53. The van der Waals surface area contributed by atoms with E-state index in [9.17, 15) is 0 Å². The third-order valence-corrected chi connectivity index (χ3v) is 5.02. The lowest BCUT2D eigenvalue weighted by atomic mass is 10.2. The molecule has 0 bridgehead atoms. The van der Waals surface area contributed by atoms with E-state index in [1.165, 1.54) is 5.56 Å². The molecule has 6 heteroatoms. The fourth-order valence-corrected chi connectivity index (χ4v) is 3.62. The molecule has 0 saturated carbocycles. The molecule has 1 aromatic carbocycles. The van der Waals surface area contributed by atoms with E-state index in [2.05, 4.69) is 34.0 Å². The number of thiophene rings is 1. The van der Waals surface area contributed by atoms with Crippen LogP contribution in [0.3, 0.4) is 0 Å². The van der Waals surface area contributed by atoms with Gasteiger partial charge in [0.15, 0.2) is 5.16 Å². The summed E-state index contributed by atoms with van der Waals surface area (Å²) in [6.45, 7) is 2.08. The molecule has 4 rings (SSSR count). The second kappa shape index (κ2) is 5.62. The van der Waals surface area contributed by atoms with Crippen LogP contribution >= 0.6 is 23.1 Å². The summed E-state index contributed by atoms with van der Waals surface area (Å²) in [4.78, 5) is 13.5. The Bertz CT molecular complexity index is 909. The van der Waals surface area contributed by atoms with Crippen LogP contribution in [0.2, 0.25) is 0 Å². The number of hydrogen-bond donors (Lipinski definition) is 1. The summed E-state index contributed by atoms with van der Waals surface area (Å²) in [6, 6.07) is 10.2. The number of hydrogen-bond acceptors (Lipinski definition) is 5. The molecule has 22 heavy (non-hydrogen) atoms. The summed E-state index contributed by atoms with van der Waals surface area (Å²) in [5.41, 5.74) is 4.21. The Morgan fingerprint density at radius 1 is 1.27 bits per heavy atom. The van der Waals surface area contributed by atoms with Crippen LogP contribution in [0.1, 0.15) is 11.3 Å². The normalized spacial score (nSPS) is 11.3. The zero-order valence-electron chi connectivity index (χ0n) is 11.9. The summed E-state index contributed by atoms with van der Waals surface area (Å²) in [5, 5.41) is 2.92. The Hall–Kier alpha value is -2.05. The van der Waals surface area contributed by atoms with E-state index in [0.29, 0.717) is 5.89 Å². The van der Waals surface area contributed by atoms with Gasteiger partial charge in [0.1, 0.15) is 6.26 Å². The number of fused-ring (bicyclic) bond motifs is 1. The van der Waals surface area contributed by atoms with E-state index in [4.69, 9.17) is 4.42 Å². The molecule has 3 aromatic heterocycles. The summed E-state index contributed by atoms with van der Waals surface area (Å²) in [7, 11) is 0. The molecule has 110 valence electrons. The molecule has 0 fully saturated rings. The highest BCUT2D eigenvalue weighted by Crippen LogP contribution is 2.27. The highest BCUT2D eigenvalue weighted by molar-refractivity contribution is 7.98. The number of rotatable bonds is 4. The lowest BCUT2D eigenvalue weighted by Crippen LogP contribution is -1.82. The van der Waals surface area contributed by atoms with Gasteiger partial charge in [-0.25, -0.2) is 9.97 Å². The van der Waals surface area contributed by atoms with Crippen LogP contribution in [0, 0.1) is 6.92 Å². The Morgan fingerprint density at radius 2 is 2.23 bits per heavy atom. The van der Waals surface area contributed by atoms with Crippen molar-refractivity contribution in [1.82, 2.24) is 15.0 Å². The Morgan fingerprint density at radius 3 is 3.09 bits per heavy atom. The van der Waals surface area contributed by atoms with E-state index >= 15 is 0 Å². The minimum absolute atomic E-state index is 0.686. The van der Waals surface area contributed by atoms with Gasteiger partial charge < -0.3 is 9.40 Å². The van der Waals surface area contributed by atoms with Gasteiger partial charge in [-0.2, -0.15) is 0 Å². The highest BCUT2D eigenvalue weighted by Gasteiger charge is 2.09. The van der Waals surface area contributed by atoms with Crippen molar-refractivity contribution < 1.29 is 4.42 Å². The predicted octanol–water partition coefficient (Wildman–Crippen LogP) is 4.88. The molecule has 0 aliphatic carbocycles. The molecule has 4 aromatic rings. The van der Waals surface area contributed by atoms with Crippen molar-refractivity contribution in [3.8, 4) is 10.8 Å². The van der Waals surface area contributed by atoms with Crippen molar-refractivity contribution in [3.05, 3.63) is 53.2 Å². The summed E-state index contributed by atoms with van der Waals surface area (Å²) < 4.78 is 5.53. The zero-order valence-corrected chi connectivity index (χ0v) is 13.5. The lowest BCUT2D eigenvalue weighted by Gasteiger charge is -1.92. The number of aromatic nitrogens is 3. The summed E-state index contributed by atoms with van der Waals surface area (Å²) in [5.74, 6) is 1.42. The second-order valence-corrected chi connectivity index (χ2v) is 6.88. The molecule has 0 saturated heterocycles. The third kappa shape index (κ3) is 2.67. The quantitative estimate of drug-likeness (QED) is 0.543. The molecule has 0 spiro atoms. The molecule has 0 unspecified atom stereocenters. The van der Waals surface area contributed by atoms with E-state index in [1.807, 2.05) is 23.6 Å². The standard InChI is InChI=1S/C16H13N3OS2/c1-10-4-5-12-13(7-10)19-16(18-12)22-9-11-8-20-15(17-11)14-3-2-6-21-14/h2-8H,9H2,1H3,(H,18,19). The largest absolute Gasteiger partial charge is 0.444 e. The molecule has 4 nitrogen and oxygen atoms in total. The SMILES string of the molecule is Cc1ccc2nc(SCc3coc(-c4cccs4)n3)[nH]c2c1. The molecular weight excluding hydrogens is 314 g/mol. The monoisotopic (exact) mass is 327 g/mol. The zero-order chi connectivity index (χ0) is 14.9. The van der Waals surface area contributed by atoms with E-state index < -0.39 is 0 Å². The molecule has 0 aliphatic rings. The van der Waals surface area contributed by atoms with Crippen molar-refractivity contribution in [1.29, 1.82) is 0 Å². The first kappa shape index (κ1) is 13.6. The van der Waals surface area contributed by atoms with Crippen LogP contribution in [0.5, 0.6) is 0 Å². The number of benzene rings is 1. The van der Waals surface area contributed by atoms with Gasteiger partial charge in [0, 0.05) is 5.75 Å². The number of nitrogens with zero attached hydrogens (tertiary/aromatic N) is 2. The van der Waals surface area contributed by atoms with Gasteiger partial charge in [-0.1, -0.05) is 23.9 Å². The van der Waals surface area contributed by atoms with Crippen molar-refractivity contribution in [3.63, 3.8) is 0 Å². The average molecular weight is 327 g/mol. The molecule has 3 heterocycles. The van der Waals surface area contributed by atoms with E-state index in [-0.39, 0.29) is 0 Å². The van der Waals surface area contributed by atoms with Gasteiger partial charge in [0.2, 0.25) is 5.89 Å². The first-order valence-electron chi connectivity index (χ1n) is 6.85. The smallest absolute Gasteiger partial charge is 0.236 e. The van der Waals surface area contributed by atoms with Gasteiger partial charge in [-0.15, -0.1) is 11.3 Å². The summed E-state index contributed by atoms with van der Waals surface area (Å²) in [6.07, 6.45) is 1.72. The number of aryl methyl sites for hydroxylation is 1. The molecule has 0 amide bonds. The Kier molecular flexibility index (Phi) is 3.48. The lowest BCUT2D eigenvalue weighted by molar-refractivity contribution is 0.575. The minimum atomic E-state index is 0.686. The molecule has 0 radical (unpaired) electrons. The number of H-pyrrole nitrogens is 1. The highest BCUT2D eigenvalue weighted by atomic mass is 32.2. The fraction of sp³-hybridized carbons (Fsp3) is 0.125. The van der Waals surface area contributed by atoms with Crippen molar-refractivity contribution in [2.45, 2.75) is 17.8 Å². The van der Waals surface area contributed by atoms with Crippen molar-refractivity contribution >= 4 is 34.1 Å². The van der Waals surface area contributed by atoms with Gasteiger partial charge in [-0.05, 0) is 36.1 Å².